The van der Waals surface area contributed by atoms with Crippen LogP contribution in [0, 0.1) is 12.8 Å². The molecule has 0 aliphatic carbocycles. The largest absolute Gasteiger partial charge is 0.369 e. The summed E-state index contributed by atoms with van der Waals surface area (Å²) in [7, 11) is 0. The fourth-order valence-corrected chi connectivity index (χ4v) is 3.82. The number of carbonyl (C=O) groups excluding carboxylic acids is 3. The molecule has 128 valence electrons. The van der Waals surface area contributed by atoms with Gasteiger partial charge in [-0.25, -0.2) is 4.90 Å². The van der Waals surface area contributed by atoms with Crippen LogP contribution in [0.15, 0.2) is 18.2 Å². The Kier molecular flexibility index (Phi) is 4.60. The molecule has 0 bridgehead atoms. The summed E-state index contributed by atoms with van der Waals surface area (Å²) in [5.41, 5.74) is 6.75. The number of aryl methyl sites for hydroxylation is 1. The van der Waals surface area contributed by atoms with Crippen molar-refractivity contribution in [1.82, 2.24) is 0 Å². The second kappa shape index (κ2) is 6.53. The molecule has 7 heteroatoms. The van der Waals surface area contributed by atoms with E-state index in [0.717, 1.165) is 10.5 Å². The van der Waals surface area contributed by atoms with Crippen molar-refractivity contribution in [3.63, 3.8) is 0 Å². The van der Waals surface area contributed by atoms with E-state index in [4.69, 9.17) is 17.3 Å². The Morgan fingerprint density at radius 3 is 2.58 bits per heavy atom. The molecule has 24 heavy (non-hydrogen) atoms. The molecule has 0 radical (unpaired) electrons. The van der Waals surface area contributed by atoms with Crippen molar-refractivity contribution in [1.29, 1.82) is 0 Å². The number of quaternary nitrogens is 1. The standard InChI is InChI=1S/C17H20ClN3O3/c1-10-2-3-12(18)8-13(10)21-15(22)9-14(17(21)24)20-6-4-11(5-7-20)16(19)23/h2-3,8,11,14H,4-7,9H2,1H3,(H2,19,23)/p+1/t14-/m0/s1. The first-order chi connectivity index (χ1) is 11.4. The number of carbonyl (C=O) groups is 3. The second-order valence-electron chi connectivity index (χ2n) is 6.59. The first-order valence-corrected chi connectivity index (χ1v) is 8.53. The molecule has 0 saturated carbocycles. The molecule has 2 fully saturated rings. The van der Waals surface area contributed by atoms with Crippen LogP contribution in [0.2, 0.25) is 5.02 Å². The second-order valence-corrected chi connectivity index (χ2v) is 7.03. The molecule has 3 rings (SSSR count). The lowest BCUT2D eigenvalue weighted by Gasteiger charge is -2.30. The zero-order valence-electron chi connectivity index (χ0n) is 13.5. The van der Waals surface area contributed by atoms with E-state index in [-0.39, 0.29) is 36.1 Å². The van der Waals surface area contributed by atoms with Crippen LogP contribution in [-0.4, -0.2) is 36.9 Å². The van der Waals surface area contributed by atoms with Crippen LogP contribution in [0.3, 0.4) is 0 Å². The summed E-state index contributed by atoms with van der Waals surface area (Å²) in [6.07, 6.45) is 1.53. The molecule has 3 amide bonds. The maximum atomic E-state index is 12.8. The van der Waals surface area contributed by atoms with Gasteiger partial charge in [0.05, 0.1) is 25.2 Å². The van der Waals surface area contributed by atoms with E-state index in [0.29, 0.717) is 36.6 Å². The molecular formula is C17H21ClN3O3+. The number of halogens is 1. The lowest BCUT2D eigenvalue weighted by molar-refractivity contribution is -0.920. The van der Waals surface area contributed by atoms with Gasteiger partial charge in [0.25, 0.3) is 5.91 Å². The lowest BCUT2D eigenvalue weighted by Crippen LogP contribution is -3.17. The van der Waals surface area contributed by atoms with Gasteiger partial charge in [-0.2, -0.15) is 0 Å². The van der Waals surface area contributed by atoms with Gasteiger partial charge in [-0.1, -0.05) is 17.7 Å². The van der Waals surface area contributed by atoms with Gasteiger partial charge >= 0.3 is 0 Å². The van der Waals surface area contributed by atoms with Gasteiger partial charge in [0.1, 0.15) is 0 Å². The van der Waals surface area contributed by atoms with Gasteiger partial charge in [0.2, 0.25) is 11.8 Å². The zero-order valence-corrected chi connectivity index (χ0v) is 14.3. The molecule has 2 aliphatic rings. The number of likely N-dealkylation sites (tertiary alicyclic amines) is 1. The third-order valence-corrected chi connectivity index (χ3v) is 5.32. The van der Waals surface area contributed by atoms with Gasteiger partial charge in [-0.15, -0.1) is 0 Å². The summed E-state index contributed by atoms with van der Waals surface area (Å²) in [6, 6.07) is 4.81. The average molecular weight is 351 g/mol. The van der Waals surface area contributed by atoms with Gasteiger partial charge in [-0.3, -0.25) is 14.4 Å². The summed E-state index contributed by atoms with van der Waals surface area (Å²) in [4.78, 5) is 38.9. The fraction of sp³-hybridized carbons (Fsp3) is 0.471. The number of hydrogen-bond donors (Lipinski definition) is 2. The highest BCUT2D eigenvalue weighted by Crippen LogP contribution is 2.28. The SMILES string of the molecule is Cc1ccc(Cl)cc1N1C(=O)C[C@H]([NH+]2CCC(C(N)=O)CC2)C1=O. The minimum atomic E-state index is -0.385. The van der Waals surface area contributed by atoms with Crippen molar-refractivity contribution < 1.29 is 19.3 Å². The maximum Gasteiger partial charge on any atom is 0.292 e. The van der Waals surface area contributed by atoms with Crippen molar-refractivity contribution in [2.75, 3.05) is 18.0 Å². The van der Waals surface area contributed by atoms with Crippen molar-refractivity contribution in [2.45, 2.75) is 32.2 Å². The number of amides is 3. The summed E-state index contributed by atoms with van der Waals surface area (Å²) in [6.45, 7) is 3.21. The van der Waals surface area contributed by atoms with Gasteiger partial charge in [0.15, 0.2) is 6.04 Å². The predicted octanol–water partition coefficient (Wildman–Crippen LogP) is 0.0605. The van der Waals surface area contributed by atoms with E-state index >= 15 is 0 Å². The first kappa shape index (κ1) is 16.9. The molecule has 2 aliphatic heterocycles. The number of imide groups is 1. The molecule has 2 heterocycles. The Labute approximate surface area is 145 Å². The Bertz CT molecular complexity index is 698. The highest BCUT2D eigenvalue weighted by molar-refractivity contribution is 6.31. The average Bonchev–Trinajstić information content (AvgIpc) is 2.84. The topological polar surface area (TPSA) is 84.9 Å². The molecule has 6 nitrogen and oxygen atoms in total. The lowest BCUT2D eigenvalue weighted by atomic mass is 9.95. The Morgan fingerprint density at radius 1 is 1.29 bits per heavy atom. The number of nitrogens with two attached hydrogens (primary N) is 1. The maximum absolute atomic E-state index is 12.8. The predicted molar refractivity (Wildman–Crippen MR) is 89.7 cm³/mol. The van der Waals surface area contributed by atoms with E-state index in [1.165, 1.54) is 4.90 Å². The molecular weight excluding hydrogens is 330 g/mol. The number of nitrogens with one attached hydrogen (secondary N) is 1. The number of benzene rings is 1. The highest BCUT2D eigenvalue weighted by Gasteiger charge is 2.47. The summed E-state index contributed by atoms with van der Waals surface area (Å²) < 4.78 is 0. The Hall–Kier alpha value is -1.92. The Morgan fingerprint density at radius 2 is 1.96 bits per heavy atom. The Balaban J connectivity index is 1.78. The van der Waals surface area contributed by atoms with Crippen LogP contribution < -0.4 is 15.5 Å². The van der Waals surface area contributed by atoms with Crippen LogP contribution >= 0.6 is 11.6 Å². The first-order valence-electron chi connectivity index (χ1n) is 8.15. The molecule has 1 atom stereocenters. The van der Waals surface area contributed by atoms with Crippen LogP contribution in [0.4, 0.5) is 5.69 Å². The van der Waals surface area contributed by atoms with E-state index < -0.39 is 0 Å². The third kappa shape index (κ3) is 3.03. The van der Waals surface area contributed by atoms with E-state index in [2.05, 4.69) is 0 Å². The zero-order chi connectivity index (χ0) is 17.4. The summed E-state index contributed by atoms with van der Waals surface area (Å²) in [5.74, 6) is -0.774. The van der Waals surface area contributed by atoms with Crippen LogP contribution in [-0.2, 0) is 14.4 Å². The van der Waals surface area contributed by atoms with E-state index in [1.54, 1.807) is 18.2 Å². The van der Waals surface area contributed by atoms with Crippen LogP contribution in [0.25, 0.3) is 0 Å². The number of hydrogen-bond acceptors (Lipinski definition) is 3. The normalized spacial score (nSPS) is 27.6. The smallest absolute Gasteiger partial charge is 0.292 e. The number of piperidine rings is 1. The molecule has 3 N–H and O–H groups in total. The molecule has 2 saturated heterocycles. The number of nitrogens with zero attached hydrogens (tertiary/aromatic N) is 1. The van der Waals surface area contributed by atoms with Crippen molar-refractivity contribution in [2.24, 2.45) is 11.7 Å². The summed E-state index contributed by atoms with van der Waals surface area (Å²) in [5, 5.41) is 0.495. The summed E-state index contributed by atoms with van der Waals surface area (Å²) >= 11 is 6.02. The van der Waals surface area contributed by atoms with Crippen LogP contribution in [0.5, 0.6) is 0 Å². The number of primary amides is 1. The van der Waals surface area contributed by atoms with Crippen molar-refractivity contribution in [3.8, 4) is 0 Å². The minimum absolute atomic E-state index is 0.118. The van der Waals surface area contributed by atoms with Crippen molar-refractivity contribution >= 4 is 35.0 Å². The highest BCUT2D eigenvalue weighted by atomic mass is 35.5. The molecule has 0 spiro atoms. The van der Waals surface area contributed by atoms with Gasteiger partial charge < -0.3 is 10.6 Å². The number of anilines is 1. The van der Waals surface area contributed by atoms with Gasteiger partial charge in [-0.05, 0) is 24.6 Å². The molecule has 1 aromatic carbocycles. The monoisotopic (exact) mass is 350 g/mol. The van der Waals surface area contributed by atoms with E-state index in [1.807, 2.05) is 6.92 Å². The molecule has 0 unspecified atom stereocenters. The van der Waals surface area contributed by atoms with Crippen LogP contribution in [0.1, 0.15) is 24.8 Å². The van der Waals surface area contributed by atoms with Crippen molar-refractivity contribution in [3.05, 3.63) is 28.8 Å². The number of rotatable bonds is 3. The van der Waals surface area contributed by atoms with E-state index in [9.17, 15) is 14.4 Å². The molecule has 1 aromatic rings. The quantitative estimate of drug-likeness (QED) is 0.756. The molecule has 0 aromatic heterocycles. The minimum Gasteiger partial charge on any atom is -0.369 e. The van der Waals surface area contributed by atoms with Gasteiger partial charge in [0, 0.05) is 23.8 Å². The third-order valence-electron chi connectivity index (χ3n) is 5.08. The fourth-order valence-electron chi connectivity index (χ4n) is 3.65.